The highest BCUT2D eigenvalue weighted by Crippen LogP contribution is 2.41. The molecule has 1 aliphatic rings. The average Bonchev–Trinajstić information content (AvgIpc) is 2.69. The molecule has 1 N–H and O–H groups in total. The number of hydrogen-bond acceptors (Lipinski definition) is 1. The summed E-state index contributed by atoms with van der Waals surface area (Å²) >= 11 is 0. The van der Waals surface area contributed by atoms with Crippen LogP contribution in [0.5, 0.6) is 0 Å². The van der Waals surface area contributed by atoms with E-state index in [1.165, 1.54) is 16.3 Å². The fourth-order valence-electron chi connectivity index (χ4n) is 3.16. The molecule has 1 nitrogen and oxygen atoms in total. The molecule has 0 saturated heterocycles. The summed E-state index contributed by atoms with van der Waals surface area (Å²) in [7, 11) is 0. The molecular formula is C16H18O. The van der Waals surface area contributed by atoms with Gasteiger partial charge >= 0.3 is 0 Å². The Labute approximate surface area is 102 Å². The van der Waals surface area contributed by atoms with E-state index in [2.05, 4.69) is 49.4 Å². The van der Waals surface area contributed by atoms with Crippen molar-refractivity contribution >= 4 is 10.8 Å². The van der Waals surface area contributed by atoms with Crippen molar-refractivity contribution in [2.24, 2.45) is 5.92 Å². The van der Waals surface area contributed by atoms with Gasteiger partial charge in [-0.2, -0.15) is 0 Å². The summed E-state index contributed by atoms with van der Waals surface area (Å²) in [6, 6.07) is 15.1. The summed E-state index contributed by atoms with van der Waals surface area (Å²) in [6.07, 6.45) is 1.92. The van der Waals surface area contributed by atoms with Crippen LogP contribution in [0.15, 0.2) is 42.5 Å². The molecule has 3 unspecified atom stereocenters. The van der Waals surface area contributed by atoms with Crippen LogP contribution in [0.25, 0.3) is 10.8 Å². The fraction of sp³-hybridized carbons (Fsp3) is 0.375. The minimum atomic E-state index is -0.126. The highest BCUT2D eigenvalue weighted by atomic mass is 16.3. The summed E-state index contributed by atoms with van der Waals surface area (Å²) in [5.74, 6) is 0.886. The molecule has 0 amide bonds. The highest BCUT2D eigenvalue weighted by molar-refractivity contribution is 5.86. The van der Waals surface area contributed by atoms with Gasteiger partial charge in [-0.1, -0.05) is 49.4 Å². The van der Waals surface area contributed by atoms with Crippen LogP contribution >= 0.6 is 0 Å². The first-order valence-corrected chi connectivity index (χ1v) is 6.43. The zero-order valence-corrected chi connectivity index (χ0v) is 10.1. The normalized spacial score (nSPS) is 28.7. The molecule has 88 valence electrons. The summed E-state index contributed by atoms with van der Waals surface area (Å²) in [4.78, 5) is 0. The first-order chi connectivity index (χ1) is 8.27. The molecule has 1 fully saturated rings. The van der Waals surface area contributed by atoms with Crippen LogP contribution in [-0.2, 0) is 0 Å². The molecule has 0 spiro atoms. The molecule has 1 aliphatic carbocycles. The Hall–Kier alpha value is -1.34. The number of rotatable bonds is 1. The number of benzene rings is 2. The van der Waals surface area contributed by atoms with Crippen molar-refractivity contribution in [1.29, 1.82) is 0 Å². The molecule has 3 rings (SSSR count). The molecule has 2 aromatic carbocycles. The molecule has 17 heavy (non-hydrogen) atoms. The zero-order valence-electron chi connectivity index (χ0n) is 10.1. The van der Waals surface area contributed by atoms with E-state index in [0.29, 0.717) is 11.8 Å². The van der Waals surface area contributed by atoms with E-state index in [9.17, 15) is 5.11 Å². The van der Waals surface area contributed by atoms with E-state index in [-0.39, 0.29) is 6.10 Å². The third-order valence-electron chi connectivity index (χ3n) is 4.24. The summed E-state index contributed by atoms with van der Waals surface area (Å²) in [6.45, 7) is 2.17. The second kappa shape index (κ2) is 4.15. The predicted molar refractivity (Wildman–Crippen MR) is 71.1 cm³/mol. The molecule has 1 heteroatoms. The Kier molecular flexibility index (Phi) is 2.64. The van der Waals surface area contributed by atoms with Crippen molar-refractivity contribution in [2.75, 3.05) is 0 Å². The highest BCUT2D eigenvalue weighted by Gasteiger charge is 2.32. The minimum Gasteiger partial charge on any atom is -0.393 e. The second-order valence-corrected chi connectivity index (χ2v) is 5.18. The number of aliphatic hydroxyl groups excluding tert-OH is 1. The van der Waals surface area contributed by atoms with Crippen LogP contribution in [0.3, 0.4) is 0 Å². The lowest BCUT2D eigenvalue weighted by Gasteiger charge is -2.19. The van der Waals surface area contributed by atoms with Gasteiger partial charge in [-0.15, -0.1) is 0 Å². The fourth-order valence-corrected chi connectivity index (χ4v) is 3.16. The third kappa shape index (κ3) is 1.75. The molecule has 3 atom stereocenters. The molecule has 0 radical (unpaired) electrons. The zero-order chi connectivity index (χ0) is 11.8. The van der Waals surface area contributed by atoms with Gasteiger partial charge in [-0.25, -0.2) is 0 Å². The Morgan fingerprint density at radius 3 is 2.53 bits per heavy atom. The molecule has 0 bridgehead atoms. The van der Waals surface area contributed by atoms with Crippen molar-refractivity contribution in [3.05, 3.63) is 48.0 Å². The van der Waals surface area contributed by atoms with Crippen LogP contribution in [0, 0.1) is 5.92 Å². The van der Waals surface area contributed by atoms with Crippen LogP contribution < -0.4 is 0 Å². The lowest BCUT2D eigenvalue weighted by molar-refractivity contribution is 0.137. The van der Waals surface area contributed by atoms with Crippen LogP contribution in [0.1, 0.15) is 31.2 Å². The van der Waals surface area contributed by atoms with Gasteiger partial charge in [-0.05, 0) is 41.0 Å². The van der Waals surface area contributed by atoms with Gasteiger partial charge in [0.15, 0.2) is 0 Å². The maximum atomic E-state index is 9.90. The SMILES string of the molecule is CC1C(O)CCC1c1cccc2ccccc12. The van der Waals surface area contributed by atoms with E-state index >= 15 is 0 Å². The Bertz CT molecular complexity index is 527. The van der Waals surface area contributed by atoms with Crippen LogP contribution in [0.4, 0.5) is 0 Å². The van der Waals surface area contributed by atoms with Crippen LogP contribution in [0.2, 0.25) is 0 Å². The van der Waals surface area contributed by atoms with Crippen molar-refractivity contribution in [3.63, 3.8) is 0 Å². The lowest BCUT2D eigenvalue weighted by atomic mass is 9.86. The number of fused-ring (bicyclic) bond motifs is 1. The smallest absolute Gasteiger partial charge is 0.0571 e. The van der Waals surface area contributed by atoms with Gasteiger partial charge < -0.3 is 5.11 Å². The number of aliphatic hydroxyl groups is 1. The van der Waals surface area contributed by atoms with Gasteiger partial charge in [0.25, 0.3) is 0 Å². The van der Waals surface area contributed by atoms with Crippen molar-refractivity contribution in [2.45, 2.75) is 31.8 Å². The van der Waals surface area contributed by atoms with Crippen molar-refractivity contribution in [1.82, 2.24) is 0 Å². The van der Waals surface area contributed by atoms with Crippen LogP contribution in [-0.4, -0.2) is 11.2 Å². The monoisotopic (exact) mass is 226 g/mol. The second-order valence-electron chi connectivity index (χ2n) is 5.18. The van der Waals surface area contributed by atoms with E-state index in [1.54, 1.807) is 0 Å². The third-order valence-corrected chi connectivity index (χ3v) is 4.24. The lowest BCUT2D eigenvalue weighted by Crippen LogP contribution is -2.14. The van der Waals surface area contributed by atoms with E-state index < -0.39 is 0 Å². The first-order valence-electron chi connectivity index (χ1n) is 6.43. The van der Waals surface area contributed by atoms with Gasteiger partial charge in [0.05, 0.1) is 6.10 Å². The summed E-state index contributed by atoms with van der Waals surface area (Å²) in [5, 5.41) is 12.6. The Morgan fingerprint density at radius 2 is 1.76 bits per heavy atom. The molecule has 0 heterocycles. The molecule has 0 aromatic heterocycles. The first kappa shape index (κ1) is 10.8. The van der Waals surface area contributed by atoms with Gasteiger partial charge in [0.2, 0.25) is 0 Å². The van der Waals surface area contributed by atoms with Crippen molar-refractivity contribution < 1.29 is 5.11 Å². The maximum absolute atomic E-state index is 9.90. The summed E-state index contributed by atoms with van der Waals surface area (Å²) < 4.78 is 0. The maximum Gasteiger partial charge on any atom is 0.0571 e. The van der Waals surface area contributed by atoms with Gasteiger partial charge in [-0.3, -0.25) is 0 Å². The molecule has 0 aliphatic heterocycles. The number of hydrogen-bond donors (Lipinski definition) is 1. The van der Waals surface area contributed by atoms with Gasteiger partial charge in [0.1, 0.15) is 0 Å². The quantitative estimate of drug-likeness (QED) is 0.785. The van der Waals surface area contributed by atoms with E-state index in [1.807, 2.05) is 0 Å². The van der Waals surface area contributed by atoms with E-state index in [4.69, 9.17) is 0 Å². The molecule has 1 saturated carbocycles. The molecule has 2 aromatic rings. The topological polar surface area (TPSA) is 20.2 Å². The molecular weight excluding hydrogens is 208 g/mol. The minimum absolute atomic E-state index is 0.126. The summed E-state index contributed by atoms with van der Waals surface area (Å²) in [5.41, 5.74) is 1.41. The van der Waals surface area contributed by atoms with E-state index in [0.717, 1.165) is 12.8 Å². The van der Waals surface area contributed by atoms with Gasteiger partial charge in [0, 0.05) is 0 Å². The standard InChI is InChI=1S/C16H18O/c1-11-13(9-10-16(11)17)15-8-4-6-12-5-2-3-7-14(12)15/h2-8,11,13,16-17H,9-10H2,1H3. The predicted octanol–water partition coefficient (Wildman–Crippen LogP) is 3.71. The largest absolute Gasteiger partial charge is 0.393 e. The average molecular weight is 226 g/mol. The Balaban J connectivity index is 2.11. The van der Waals surface area contributed by atoms with Crippen molar-refractivity contribution in [3.8, 4) is 0 Å². The Morgan fingerprint density at radius 1 is 1.00 bits per heavy atom.